The zero-order chi connectivity index (χ0) is 19.3. The molecular formula is C20H24N2O4S. The summed E-state index contributed by atoms with van der Waals surface area (Å²) in [4.78, 5) is 12.7. The van der Waals surface area contributed by atoms with E-state index in [9.17, 15) is 13.2 Å². The van der Waals surface area contributed by atoms with Crippen LogP contribution < -0.4 is 10.1 Å². The Balaban J connectivity index is 1.64. The largest absolute Gasteiger partial charge is 0.457 e. The number of carbonyl (C=O) groups is 1. The van der Waals surface area contributed by atoms with Crippen LogP contribution in [0.25, 0.3) is 0 Å². The molecule has 27 heavy (non-hydrogen) atoms. The van der Waals surface area contributed by atoms with Crippen molar-refractivity contribution in [1.82, 2.24) is 9.62 Å². The number of sulfonamides is 1. The van der Waals surface area contributed by atoms with Crippen molar-refractivity contribution in [2.75, 3.05) is 18.8 Å². The third kappa shape index (κ3) is 4.87. The van der Waals surface area contributed by atoms with Crippen molar-refractivity contribution in [3.63, 3.8) is 0 Å². The Kier molecular flexibility index (Phi) is 6.13. The Labute approximate surface area is 160 Å². The van der Waals surface area contributed by atoms with Crippen molar-refractivity contribution in [1.29, 1.82) is 0 Å². The lowest BCUT2D eigenvalue weighted by Crippen LogP contribution is -2.46. The number of nitrogens with one attached hydrogen (secondary N) is 1. The van der Waals surface area contributed by atoms with Crippen LogP contribution in [-0.2, 0) is 10.0 Å². The number of para-hydroxylation sites is 2. The lowest BCUT2D eigenvalue weighted by molar-refractivity contribution is 0.0921. The first kappa shape index (κ1) is 19.4. The van der Waals surface area contributed by atoms with Gasteiger partial charge in [-0.05, 0) is 44.0 Å². The topological polar surface area (TPSA) is 75.7 Å². The van der Waals surface area contributed by atoms with Gasteiger partial charge in [-0.2, -0.15) is 0 Å². The Bertz CT molecular complexity index is 876. The van der Waals surface area contributed by atoms with E-state index in [1.165, 1.54) is 4.31 Å². The molecule has 7 heteroatoms. The SMILES string of the molecule is CCS(=O)(=O)N1CCC(NC(=O)c2ccccc2Oc2ccccc2)CC1. The van der Waals surface area contributed by atoms with Gasteiger partial charge in [-0.3, -0.25) is 4.79 Å². The number of benzene rings is 2. The molecule has 2 aromatic carbocycles. The van der Waals surface area contributed by atoms with Crippen LogP contribution >= 0.6 is 0 Å². The number of amides is 1. The fourth-order valence-corrected chi connectivity index (χ4v) is 4.22. The van der Waals surface area contributed by atoms with E-state index in [0.29, 0.717) is 43.0 Å². The molecule has 6 nitrogen and oxygen atoms in total. The summed E-state index contributed by atoms with van der Waals surface area (Å²) in [5.41, 5.74) is 0.463. The highest BCUT2D eigenvalue weighted by molar-refractivity contribution is 7.89. The summed E-state index contributed by atoms with van der Waals surface area (Å²) in [5.74, 6) is 1.05. The minimum atomic E-state index is -3.17. The quantitative estimate of drug-likeness (QED) is 0.825. The van der Waals surface area contributed by atoms with Crippen molar-refractivity contribution in [3.05, 3.63) is 60.2 Å². The molecule has 1 aliphatic heterocycles. The van der Waals surface area contributed by atoms with E-state index in [4.69, 9.17) is 4.74 Å². The summed E-state index contributed by atoms with van der Waals surface area (Å²) in [7, 11) is -3.17. The van der Waals surface area contributed by atoms with Crippen molar-refractivity contribution in [3.8, 4) is 11.5 Å². The first-order valence-corrected chi connectivity index (χ1v) is 10.7. The molecule has 0 spiro atoms. The van der Waals surface area contributed by atoms with E-state index in [0.717, 1.165) is 0 Å². The van der Waals surface area contributed by atoms with Gasteiger partial charge in [-0.25, -0.2) is 12.7 Å². The predicted octanol–water partition coefficient (Wildman–Crippen LogP) is 3.02. The maximum Gasteiger partial charge on any atom is 0.255 e. The van der Waals surface area contributed by atoms with Gasteiger partial charge in [0.1, 0.15) is 11.5 Å². The highest BCUT2D eigenvalue weighted by Crippen LogP contribution is 2.25. The van der Waals surface area contributed by atoms with Crippen LogP contribution in [0, 0.1) is 0 Å². The number of carbonyl (C=O) groups excluding carboxylic acids is 1. The standard InChI is InChI=1S/C20H24N2O4S/c1-2-27(24,25)22-14-12-16(13-15-22)21-20(23)18-10-6-7-11-19(18)26-17-8-4-3-5-9-17/h3-11,16H,2,12-15H2,1H3,(H,21,23). The molecule has 1 saturated heterocycles. The third-order valence-electron chi connectivity index (χ3n) is 4.65. The minimum absolute atomic E-state index is 0.0504. The average molecular weight is 388 g/mol. The summed E-state index contributed by atoms with van der Waals surface area (Å²) in [6.07, 6.45) is 1.21. The molecule has 0 bridgehead atoms. The maximum absolute atomic E-state index is 12.7. The van der Waals surface area contributed by atoms with Crippen LogP contribution in [0.15, 0.2) is 54.6 Å². The van der Waals surface area contributed by atoms with Gasteiger partial charge in [0.25, 0.3) is 5.91 Å². The number of ether oxygens (including phenoxy) is 1. The Morgan fingerprint density at radius 3 is 2.37 bits per heavy atom. The predicted molar refractivity (Wildman–Crippen MR) is 104 cm³/mol. The molecule has 0 aromatic heterocycles. The molecular weight excluding hydrogens is 364 g/mol. The van der Waals surface area contributed by atoms with Gasteiger partial charge in [-0.15, -0.1) is 0 Å². The second-order valence-corrected chi connectivity index (χ2v) is 8.72. The van der Waals surface area contributed by atoms with Crippen molar-refractivity contribution >= 4 is 15.9 Å². The van der Waals surface area contributed by atoms with Gasteiger partial charge in [0.15, 0.2) is 0 Å². The monoisotopic (exact) mass is 388 g/mol. The van der Waals surface area contributed by atoms with Gasteiger partial charge in [0.05, 0.1) is 11.3 Å². The van der Waals surface area contributed by atoms with Crippen LogP contribution in [0.4, 0.5) is 0 Å². The summed E-state index contributed by atoms with van der Waals surface area (Å²) >= 11 is 0. The number of hydrogen-bond acceptors (Lipinski definition) is 4. The Hall–Kier alpha value is -2.38. The Morgan fingerprint density at radius 1 is 1.07 bits per heavy atom. The van der Waals surface area contributed by atoms with Crippen LogP contribution in [0.3, 0.4) is 0 Å². The summed E-state index contributed by atoms with van der Waals surface area (Å²) in [6, 6.07) is 16.4. The fourth-order valence-electron chi connectivity index (χ4n) is 3.08. The molecule has 1 amide bonds. The molecule has 1 aliphatic rings. The summed E-state index contributed by atoms with van der Waals surface area (Å²) < 4.78 is 31.2. The van der Waals surface area contributed by atoms with E-state index in [1.54, 1.807) is 25.1 Å². The molecule has 0 unspecified atom stereocenters. The van der Waals surface area contributed by atoms with Gasteiger partial charge >= 0.3 is 0 Å². The average Bonchev–Trinajstić information content (AvgIpc) is 2.69. The lowest BCUT2D eigenvalue weighted by Gasteiger charge is -2.31. The lowest BCUT2D eigenvalue weighted by atomic mass is 10.1. The molecule has 144 valence electrons. The van der Waals surface area contributed by atoms with Crippen molar-refractivity contribution in [2.45, 2.75) is 25.8 Å². The van der Waals surface area contributed by atoms with Gasteiger partial charge in [0, 0.05) is 19.1 Å². The van der Waals surface area contributed by atoms with Gasteiger partial charge in [0.2, 0.25) is 10.0 Å². The minimum Gasteiger partial charge on any atom is -0.457 e. The van der Waals surface area contributed by atoms with E-state index in [1.807, 2.05) is 36.4 Å². The molecule has 0 saturated carbocycles. The molecule has 1 N–H and O–H groups in total. The van der Waals surface area contributed by atoms with Crippen LogP contribution in [0.5, 0.6) is 11.5 Å². The van der Waals surface area contributed by atoms with Crippen molar-refractivity contribution in [2.24, 2.45) is 0 Å². The first-order chi connectivity index (χ1) is 13.0. The third-order valence-corrected chi connectivity index (χ3v) is 6.53. The van der Waals surface area contributed by atoms with E-state index >= 15 is 0 Å². The molecule has 0 radical (unpaired) electrons. The fraction of sp³-hybridized carbons (Fsp3) is 0.350. The summed E-state index contributed by atoms with van der Waals surface area (Å²) in [6.45, 7) is 2.51. The number of rotatable bonds is 6. The molecule has 0 atom stereocenters. The van der Waals surface area contributed by atoms with Crippen LogP contribution in [-0.4, -0.2) is 43.5 Å². The van der Waals surface area contributed by atoms with E-state index < -0.39 is 10.0 Å². The molecule has 0 aliphatic carbocycles. The van der Waals surface area contributed by atoms with E-state index in [2.05, 4.69) is 5.32 Å². The first-order valence-electron chi connectivity index (χ1n) is 9.10. The molecule has 2 aromatic rings. The maximum atomic E-state index is 12.7. The number of hydrogen-bond donors (Lipinski definition) is 1. The number of piperidine rings is 1. The highest BCUT2D eigenvalue weighted by Gasteiger charge is 2.28. The molecule has 3 rings (SSSR count). The highest BCUT2D eigenvalue weighted by atomic mass is 32.2. The van der Waals surface area contributed by atoms with Crippen molar-refractivity contribution < 1.29 is 17.9 Å². The Morgan fingerprint density at radius 2 is 1.70 bits per heavy atom. The normalized spacial score (nSPS) is 16.0. The molecule has 1 fully saturated rings. The zero-order valence-corrected chi connectivity index (χ0v) is 16.1. The second-order valence-electron chi connectivity index (χ2n) is 6.46. The second kappa shape index (κ2) is 8.54. The molecule has 1 heterocycles. The smallest absolute Gasteiger partial charge is 0.255 e. The van der Waals surface area contributed by atoms with Gasteiger partial charge in [-0.1, -0.05) is 30.3 Å². The van der Waals surface area contributed by atoms with Crippen LogP contribution in [0.1, 0.15) is 30.1 Å². The number of nitrogens with zero attached hydrogens (tertiary/aromatic N) is 1. The summed E-state index contributed by atoms with van der Waals surface area (Å²) in [5, 5.41) is 3.01. The van der Waals surface area contributed by atoms with E-state index in [-0.39, 0.29) is 17.7 Å². The zero-order valence-electron chi connectivity index (χ0n) is 15.3. The van der Waals surface area contributed by atoms with Crippen LogP contribution in [0.2, 0.25) is 0 Å². The van der Waals surface area contributed by atoms with Gasteiger partial charge < -0.3 is 10.1 Å².